The molecule has 136 valence electrons. The Hall–Kier alpha value is -1.59. The molecule has 1 aliphatic carbocycles. The molecular formula is C20H30N4O. The second-order valence-electron chi connectivity index (χ2n) is 7.82. The average Bonchev–Trinajstić information content (AvgIpc) is 3.49. The molecule has 3 aliphatic rings. The number of likely N-dealkylation sites (tertiary alicyclic amines) is 1. The first-order valence-electron chi connectivity index (χ1n) is 9.85. The van der Waals surface area contributed by atoms with Crippen molar-refractivity contribution in [3.8, 4) is 0 Å². The molecule has 0 unspecified atom stereocenters. The van der Waals surface area contributed by atoms with Crippen LogP contribution in [0.15, 0.2) is 30.3 Å². The van der Waals surface area contributed by atoms with E-state index in [1.54, 1.807) is 0 Å². The van der Waals surface area contributed by atoms with E-state index in [1.165, 1.54) is 45.3 Å². The molecule has 25 heavy (non-hydrogen) atoms. The van der Waals surface area contributed by atoms with E-state index in [0.717, 1.165) is 43.8 Å². The second kappa shape index (κ2) is 7.75. The molecular weight excluding hydrogens is 312 g/mol. The maximum atomic E-state index is 12.4. The zero-order chi connectivity index (χ0) is 17.1. The van der Waals surface area contributed by atoms with Crippen LogP contribution in [0.2, 0.25) is 0 Å². The summed E-state index contributed by atoms with van der Waals surface area (Å²) in [6.07, 6.45) is 5.57. The first-order valence-corrected chi connectivity index (χ1v) is 9.85. The first kappa shape index (κ1) is 16.9. The molecule has 1 aromatic rings. The Bertz CT molecular complexity index is 566. The summed E-state index contributed by atoms with van der Waals surface area (Å²) < 4.78 is 0. The van der Waals surface area contributed by atoms with Gasteiger partial charge in [0.1, 0.15) is 0 Å². The third-order valence-electron chi connectivity index (χ3n) is 5.81. The summed E-state index contributed by atoms with van der Waals surface area (Å²) >= 11 is 0. The molecule has 0 bridgehead atoms. The standard InChI is InChI=1S/C20H30N4O/c25-20(21-18-6-2-1-3-7-18)23-13-11-22(12-14-23)15-17-5-4-10-24(16-17)19-8-9-19/h1-3,6-7,17,19H,4-5,8-16H2,(H,21,25)/t17-/m0/s1. The normalized spacial score (nSPS) is 25.8. The molecule has 1 saturated carbocycles. The summed E-state index contributed by atoms with van der Waals surface area (Å²) in [7, 11) is 0. The molecule has 0 spiro atoms. The third kappa shape index (κ3) is 4.53. The Morgan fingerprint density at radius 1 is 1.00 bits per heavy atom. The third-order valence-corrected chi connectivity index (χ3v) is 5.81. The van der Waals surface area contributed by atoms with E-state index in [2.05, 4.69) is 15.1 Å². The van der Waals surface area contributed by atoms with Crippen molar-refractivity contribution >= 4 is 11.7 Å². The van der Waals surface area contributed by atoms with Crippen LogP contribution >= 0.6 is 0 Å². The van der Waals surface area contributed by atoms with Crippen molar-refractivity contribution in [3.63, 3.8) is 0 Å². The van der Waals surface area contributed by atoms with Gasteiger partial charge in [-0.3, -0.25) is 4.90 Å². The highest BCUT2D eigenvalue weighted by Crippen LogP contribution is 2.31. The fraction of sp³-hybridized carbons (Fsp3) is 0.650. The van der Waals surface area contributed by atoms with Crippen molar-refractivity contribution in [1.29, 1.82) is 0 Å². The molecule has 3 fully saturated rings. The van der Waals surface area contributed by atoms with Gasteiger partial charge in [0.25, 0.3) is 0 Å². The Labute approximate surface area is 151 Å². The van der Waals surface area contributed by atoms with E-state index in [9.17, 15) is 4.79 Å². The highest BCUT2D eigenvalue weighted by atomic mass is 16.2. The molecule has 4 rings (SSSR count). The van der Waals surface area contributed by atoms with Crippen LogP contribution in [0, 0.1) is 5.92 Å². The summed E-state index contributed by atoms with van der Waals surface area (Å²) in [4.78, 5) is 19.6. The van der Waals surface area contributed by atoms with Crippen molar-refractivity contribution in [2.24, 2.45) is 5.92 Å². The van der Waals surface area contributed by atoms with E-state index in [4.69, 9.17) is 0 Å². The molecule has 1 N–H and O–H groups in total. The SMILES string of the molecule is O=C(Nc1ccccc1)N1CCN(C[C@@H]2CCCN(C3CC3)C2)CC1. The highest BCUT2D eigenvalue weighted by Gasteiger charge is 2.33. The van der Waals surface area contributed by atoms with Crippen LogP contribution in [0.1, 0.15) is 25.7 Å². The maximum absolute atomic E-state index is 12.4. The number of benzene rings is 1. The Kier molecular flexibility index (Phi) is 5.22. The Balaban J connectivity index is 1.21. The molecule has 2 aliphatic heterocycles. The van der Waals surface area contributed by atoms with Crippen LogP contribution in [0.3, 0.4) is 0 Å². The van der Waals surface area contributed by atoms with Crippen LogP contribution in [0.4, 0.5) is 10.5 Å². The minimum Gasteiger partial charge on any atom is -0.322 e. The van der Waals surface area contributed by atoms with Crippen molar-refractivity contribution in [1.82, 2.24) is 14.7 Å². The predicted octanol–water partition coefficient (Wildman–Crippen LogP) is 2.71. The van der Waals surface area contributed by atoms with Crippen LogP contribution < -0.4 is 5.32 Å². The maximum Gasteiger partial charge on any atom is 0.321 e. The van der Waals surface area contributed by atoms with Gasteiger partial charge < -0.3 is 15.1 Å². The Morgan fingerprint density at radius 2 is 1.76 bits per heavy atom. The van der Waals surface area contributed by atoms with Gasteiger partial charge in [0.15, 0.2) is 0 Å². The van der Waals surface area contributed by atoms with Gasteiger partial charge in [-0.05, 0) is 50.3 Å². The molecule has 5 nitrogen and oxygen atoms in total. The molecule has 0 aromatic heterocycles. The molecule has 2 heterocycles. The monoisotopic (exact) mass is 342 g/mol. The number of anilines is 1. The van der Waals surface area contributed by atoms with Crippen LogP contribution in [0.25, 0.3) is 0 Å². The van der Waals surface area contributed by atoms with Gasteiger partial charge in [-0.25, -0.2) is 4.79 Å². The summed E-state index contributed by atoms with van der Waals surface area (Å²) in [6, 6.07) is 10.7. The number of amides is 2. The lowest BCUT2D eigenvalue weighted by atomic mass is 9.97. The Morgan fingerprint density at radius 3 is 2.48 bits per heavy atom. The molecule has 2 saturated heterocycles. The van der Waals surface area contributed by atoms with Crippen molar-refractivity contribution in [2.75, 3.05) is 51.1 Å². The van der Waals surface area contributed by atoms with Crippen molar-refractivity contribution in [3.05, 3.63) is 30.3 Å². The summed E-state index contributed by atoms with van der Waals surface area (Å²) in [5.74, 6) is 0.819. The minimum absolute atomic E-state index is 0.0309. The van der Waals surface area contributed by atoms with Gasteiger partial charge in [0, 0.05) is 51.0 Å². The molecule has 1 aromatic carbocycles. The van der Waals surface area contributed by atoms with E-state index in [1.807, 2.05) is 35.2 Å². The minimum atomic E-state index is 0.0309. The first-order chi connectivity index (χ1) is 12.3. The fourth-order valence-electron chi connectivity index (χ4n) is 4.24. The number of carbonyl (C=O) groups excluding carboxylic acids is 1. The molecule has 1 atom stereocenters. The number of piperazine rings is 1. The summed E-state index contributed by atoms with van der Waals surface area (Å²) in [5.41, 5.74) is 0.873. The van der Waals surface area contributed by atoms with Gasteiger partial charge in [-0.2, -0.15) is 0 Å². The summed E-state index contributed by atoms with van der Waals surface area (Å²) in [6.45, 7) is 7.48. The number of hydrogen-bond donors (Lipinski definition) is 1. The van der Waals surface area contributed by atoms with Crippen LogP contribution in [-0.4, -0.2) is 72.6 Å². The average molecular weight is 342 g/mol. The fourth-order valence-corrected chi connectivity index (χ4v) is 4.24. The zero-order valence-electron chi connectivity index (χ0n) is 15.1. The van der Waals surface area contributed by atoms with Crippen molar-refractivity contribution < 1.29 is 4.79 Å². The van der Waals surface area contributed by atoms with Crippen molar-refractivity contribution in [2.45, 2.75) is 31.7 Å². The number of carbonyl (C=O) groups is 1. The van der Waals surface area contributed by atoms with E-state index < -0.39 is 0 Å². The summed E-state index contributed by atoms with van der Waals surface area (Å²) in [5, 5.41) is 2.99. The van der Waals surface area contributed by atoms with E-state index in [0.29, 0.717) is 0 Å². The molecule has 0 radical (unpaired) electrons. The quantitative estimate of drug-likeness (QED) is 0.914. The number of nitrogens with one attached hydrogen (secondary N) is 1. The van der Waals surface area contributed by atoms with E-state index in [-0.39, 0.29) is 6.03 Å². The second-order valence-corrected chi connectivity index (χ2v) is 7.82. The zero-order valence-corrected chi connectivity index (χ0v) is 15.1. The topological polar surface area (TPSA) is 38.8 Å². The molecule has 5 heteroatoms. The predicted molar refractivity (Wildman–Crippen MR) is 101 cm³/mol. The van der Waals surface area contributed by atoms with E-state index >= 15 is 0 Å². The number of para-hydroxylation sites is 1. The number of nitrogens with zero attached hydrogens (tertiary/aromatic N) is 3. The number of urea groups is 1. The van der Waals surface area contributed by atoms with Gasteiger partial charge in [-0.1, -0.05) is 18.2 Å². The van der Waals surface area contributed by atoms with Gasteiger partial charge in [0.05, 0.1) is 0 Å². The van der Waals surface area contributed by atoms with Crippen LogP contribution in [-0.2, 0) is 0 Å². The number of hydrogen-bond acceptors (Lipinski definition) is 3. The largest absolute Gasteiger partial charge is 0.322 e. The van der Waals surface area contributed by atoms with Gasteiger partial charge in [0.2, 0.25) is 0 Å². The van der Waals surface area contributed by atoms with Crippen LogP contribution in [0.5, 0.6) is 0 Å². The van der Waals surface area contributed by atoms with Gasteiger partial charge >= 0.3 is 6.03 Å². The van der Waals surface area contributed by atoms with Gasteiger partial charge in [-0.15, -0.1) is 0 Å². The smallest absolute Gasteiger partial charge is 0.321 e. The molecule has 2 amide bonds. The lowest BCUT2D eigenvalue weighted by molar-refractivity contribution is 0.0982. The number of rotatable bonds is 4. The lowest BCUT2D eigenvalue weighted by Gasteiger charge is -2.39. The highest BCUT2D eigenvalue weighted by molar-refractivity contribution is 5.89. The lowest BCUT2D eigenvalue weighted by Crippen LogP contribution is -2.52. The number of piperidine rings is 1.